The summed E-state index contributed by atoms with van der Waals surface area (Å²) >= 11 is 1.30. The first-order valence-corrected chi connectivity index (χ1v) is 9.34. The van der Waals surface area contributed by atoms with Gasteiger partial charge in [-0.25, -0.2) is 10.4 Å². The smallest absolute Gasteiger partial charge is 0.270 e. The van der Waals surface area contributed by atoms with Crippen LogP contribution in [0.1, 0.15) is 11.1 Å². The van der Waals surface area contributed by atoms with E-state index in [4.69, 9.17) is 0 Å². The average Bonchev–Trinajstić information content (AvgIpc) is 3.29. The van der Waals surface area contributed by atoms with Crippen LogP contribution >= 0.6 is 11.5 Å². The Labute approximate surface area is 169 Å². The lowest BCUT2D eigenvalue weighted by molar-refractivity contribution is 1.08. The molecular weight excluding hydrogens is 386 g/mol. The molecule has 140 valence electrons. The van der Waals surface area contributed by atoms with Gasteiger partial charge in [0.1, 0.15) is 17.3 Å². The minimum absolute atomic E-state index is 0.0437. The third-order valence-electron chi connectivity index (χ3n) is 4.03. The van der Waals surface area contributed by atoms with Gasteiger partial charge in [-0.05, 0) is 17.1 Å². The van der Waals surface area contributed by atoms with Crippen LogP contribution in [0, 0.1) is 11.3 Å². The standard InChI is InChI=1S/C20H13N7OS/c21-10-16-18(15-4-2-1-3-5-15)23-20(24-19(16)28)26-22-11-13-6-8-14(9-7-13)17-12-29-27-25-17/h1-9,11-12H,(H2,23,24,26,28). The Balaban J connectivity index is 1.55. The molecule has 2 aromatic heterocycles. The number of aromatic amines is 1. The van der Waals surface area contributed by atoms with Crippen molar-refractivity contribution in [3.8, 4) is 28.6 Å². The van der Waals surface area contributed by atoms with Crippen LogP contribution in [0.25, 0.3) is 22.5 Å². The summed E-state index contributed by atoms with van der Waals surface area (Å²) in [6.07, 6.45) is 1.60. The fourth-order valence-corrected chi connectivity index (χ4v) is 3.10. The summed E-state index contributed by atoms with van der Waals surface area (Å²) in [4.78, 5) is 19.1. The number of hydrazone groups is 1. The van der Waals surface area contributed by atoms with E-state index in [2.05, 4.69) is 30.1 Å². The van der Waals surface area contributed by atoms with Gasteiger partial charge in [-0.1, -0.05) is 59.1 Å². The Morgan fingerprint density at radius 3 is 2.59 bits per heavy atom. The molecule has 0 spiro atoms. The predicted molar refractivity (Wildman–Crippen MR) is 112 cm³/mol. The molecule has 2 N–H and O–H groups in total. The van der Waals surface area contributed by atoms with E-state index in [-0.39, 0.29) is 11.5 Å². The fraction of sp³-hybridized carbons (Fsp3) is 0. The number of hydrogen-bond donors (Lipinski definition) is 2. The second kappa shape index (κ2) is 8.24. The normalized spacial score (nSPS) is 10.7. The third-order valence-corrected chi connectivity index (χ3v) is 4.53. The number of nitriles is 1. The SMILES string of the molecule is N#Cc1c(-c2ccccc2)nc(NN=Cc2ccc(-c3csnn3)cc2)[nH]c1=O. The van der Waals surface area contributed by atoms with Crippen LogP contribution in [0.4, 0.5) is 5.95 Å². The highest BCUT2D eigenvalue weighted by atomic mass is 32.1. The molecule has 9 heteroatoms. The van der Waals surface area contributed by atoms with Crippen molar-refractivity contribution in [1.29, 1.82) is 5.26 Å². The molecule has 0 aliphatic carbocycles. The number of anilines is 1. The van der Waals surface area contributed by atoms with Crippen molar-refractivity contribution in [3.63, 3.8) is 0 Å². The summed E-state index contributed by atoms with van der Waals surface area (Å²) in [5, 5.41) is 19.3. The van der Waals surface area contributed by atoms with Crippen molar-refractivity contribution in [3.05, 3.63) is 81.5 Å². The first-order chi connectivity index (χ1) is 14.2. The van der Waals surface area contributed by atoms with Crippen molar-refractivity contribution >= 4 is 23.7 Å². The molecule has 2 heterocycles. The quantitative estimate of drug-likeness (QED) is 0.393. The van der Waals surface area contributed by atoms with Gasteiger partial charge in [0.2, 0.25) is 5.95 Å². The molecule has 0 saturated carbocycles. The van der Waals surface area contributed by atoms with Crippen molar-refractivity contribution in [2.45, 2.75) is 0 Å². The maximum absolute atomic E-state index is 12.2. The van der Waals surface area contributed by atoms with Gasteiger partial charge in [0, 0.05) is 16.5 Å². The first-order valence-electron chi connectivity index (χ1n) is 8.51. The summed E-state index contributed by atoms with van der Waals surface area (Å²) < 4.78 is 3.85. The molecule has 0 unspecified atom stereocenters. The summed E-state index contributed by atoms with van der Waals surface area (Å²) in [6, 6.07) is 18.6. The molecule has 4 aromatic rings. The summed E-state index contributed by atoms with van der Waals surface area (Å²) in [5.74, 6) is 0.147. The molecule has 0 radical (unpaired) electrons. The Hall–Kier alpha value is -4.16. The fourth-order valence-electron chi connectivity index (χ4n) is 2.63. The van der Waals surface area contributed by atoms with Gasteiger partial charge < -0.3 is 0 Å². The molecule has 0 aliphatic heterocycles. The Morgan fingerprint density at radius 2 is 1.90 bits per heavy atom. The van der Waals surface area contributed by atoms with Crippen LogP contribution < -0.4 is 11.0 Å². The minimum atomic E-state index is -0.528. The second-order valence-corrected chi connectivity index (χ2v) is 6.51. The van der Waals surface area contributed by atoms with Gasteiger partial charge in [0.25, 0.3) is 5.56 Å². The summed E-state index contributed by atoms with van der Waals surface area (Å²) in [5.41, 5.74) is 5.76. The molecular formula is C20H13N7OS. The highest BCUT2D eigenvalue weighted by molar-refractivity contribution is 7.03. The van der Waals surface area contributed by atoms with E-state index in [1.165, 1.54) is 11.5 Å². The molecule has 0 fully saturated rings. The highest BCUT2D eigenvalue weighted by Gasteiger charge is 2.12. The molecule has 0 amide bonds. The van der Waals surface area contributed by atoms with Crippen LogP contribution in [0.15, 0.2) is 69.9 Å². The number of rotatable bonds is 5. The third kappa shape index (κ3) is 4.07. The van der Waals surface area contributed by atoms with E-state index in [0.29, 0.717) is 11.3 Å². The second-order valence-electron chi connectivity index (χ2n) is 5.90. The van der Waals surface area contributed by atoms with E-state index in [1.807, 2.05) is 53.9 Å². The Bertz CT molecular complexity index is 1240. The molecule has 4 rings (SSSR count). The van der Waals surface area contributed by atoms with Crippen molar-refractivity contribution in [2.24, 2.45) is 5.10 Å². The Morgan fingerprint density at radius 1 is 1.10 bits per heavy atom. The minimum Gasteiger partial charge on any atom is -0.290 e. The molecule has 2 aromatic carbocycles. The number of nitrogens with zero attached hydrogens (tertiary/aromatic N) is 5. The van der Waals surface area contributed by atoms with Gasteiger partial charge >= 0.3 is 0 Å². The van der Waals surface area contributed by atoms with Crippen LogP contribution in [-0.2, 0) is 0 Å². The molecule has 29 heavy (non-hydrogen) atoms. The number of benzene rings is 2. The first kappa shape index (κ1) is 18.2. The zero-order valence-electron chi connectivity index (χ0n) is 14.9. The molecule has 8 nitrogen and oxygen atoms in total. The van der Waals surface area contributed by atoms with Crippen LogP contribution in [-0.4, -0.2) is 25.8 Å². The molecule has 0 atom stereocenters. The molecule has 0 saturated heterocycles. The number of nitrogens with one attached hydrogen (secondary N) is 2. The maximum Gasteiger partial charge on any atom is 0.270 e. The van der Waals surface area contributed by atoms with E-state index in [1.54, 1.807) is 18.3 Å². The van der Waals surface area contributed by atoms with Gasteiger partial charge in [0.15, 0.2) is 0 Å². The lowest BCUT2D eigenvalue weighted by Gasteiger charge is -2.06. The van der Waals surface area contributed by atoms with Gasteiger partial charge in [-0.3, -0.25) is 9.78 Å². The zero-order chi connectivity index (χ0) is 20.1. The van der Waals surface area contributed by atoms with E-state index >= 15 is 0 Å². The zero-order valence-corrected chi connectivity index (χ0v) is 15.7. The van der Waals surface area contributed by atoms with Crippen LogP contribution in [0.5, 0.6) is 0 Å². The average molecular weight is 399 g/mol. The van der Waals surface area contributed by atoms with E-state index in [0.717, 1.165) is 16.8 Å². The summed E-state index contributed by atoms with van der Waals surface area (Å²) in [6.45, 7) is 0. The van der Waals surface area contributed by atoms with Crippen LogP contribution in [0.3, 0.4) is 0 Å². The lowest BCUT2D eigenvalue weighted by atomic mass is 10.1. The van der Waals surface area contributed by atoms with E-state index < -0.39 is 5.56 Å². The van der Waals surface area contributed by atoms with Crippen molar-refractivity contribution in [1.82, 2.24) is 19.6 Å². The van der Waals surface area contributed by atoms with Gasteiger partial charge in [-0.15, -0.1) is 5.10 Å². The van der Waals surface area contributed by atoms with Crippen molar-refractivity contribution < 1.29 is 0 Å². The topological polar surface area (TPSA) is 120 Å². The van der Waals surface area contributed by atoms with Gasteiger partial charge in [-0.2, -0.15) is 10.4 Å². The predicted octanol–water partition coefficient (Wildman–Crippen LogP) is 3.27. The van der Waals surface area contributed by atoms with Crippen molar-refractivity contribution in [2.75, 3.05) is 5.43 Å². The number of H-pyrrole nitrogens is 1. The highest BCUT2D eigenvalue weighted by Crippen LogP contribution is 2.20. The van der Waals surface area contributed by atoms with Gasteiger partial charge in [0.05, 0.1) is 11.9 Å². The molecule has 0 bridgehead atoms. The monoisotopic (exact) mass is 399 g/mol. The maximum atomic E-state index is 12.2. The Kier molecular flexibility index (Phi) is 5.18. The largest absolute Gasteiger partial charge is 0.290 e. The lowest BCUT2D eigenvalue weighted by Crippen LogP contribution is -2.16. The number of hydrogen-bond acceptors (Lipinski definition) is 8. The van der Waals surface area contributed by atoms with Crippen LogP contribution in [0.2, 0.25) is 0 Å². The number of aromatic nitrogens is 4. The summed E-state index contributed by atoms with van der Waals surface area (Å²) in [7, 11) is 0. The molecule has 0 aliphatic rings. The van der Waals surface area contributed by atoms with E-state index in [9.17, 15) is 10.1 Å².